The minimum atomic E-state index is -1.10. The highest BCUT2D eigenvalue weighted by atomic mass is 32.1. The highest BCUT2D eigenvalue weighted by Gasteiger charge is 2.39. The summed E-state index contributed by atoms with van der Waals surface area (Å²) in [5, 5.41) is 21.8. The molecule has 1 saturated heterocycles. The third kappa shape index (κ3) is 2.86. The fourth-order valence-corrected chi connectivity index (χ4v) is 3.88. The van der Waals surface area contributed by atoms with Gasteiger partial charge >= 0.3 is 12.0 Å². The van der Waals surface area contributed by atoms with Gasteiger partial charge < -0.3 is 15.1 Å². The van der Waals surface area contributed by atoms with Crippen molar-refractivity contribution in [2.45, 2.75) is 44.2 Å². The van der Waals surface area contributed by atoms with E-state index in [4.69, 9.17) is 5.11 Å². The van der Waals surface area contributed by atoms with Gasteiger partial charge in [0.1, 0.15) is 6.04 Å². The van der Waals surface area contributed by atoms with E-state index in [1.54, 1.807) is 0 Å². The molecule has 2 aliphatic rings. The molecule has 2 atom stereocenters. The van der Waals surface area contributed by atoms with Crippen molar-refractivity contribution >= 4 is 28.5 Å². The Morgan fingerprint density at radius 1 is 1.33 bits per heavy atom. The van der Waals surface area contributed by atoms with Gasteiger partial charge in [0.2, 0.25) is 0 Å². The lowest BCUT2D eigenvalue weighted by Crippen LogP contribution is -2.43. The van der Waals surface area contributed by atoms with Gasteiger partial charge in [-0.15, -0.1) is 11.3 Å². The van der Waals surface area contributed by atoms with Crippen molar-refractivity contribution in [2.75, 3.05) is 11.9 Å². The highest BCUT2D eigenvalue weighted by Crippen LogP contribution is 2.30. The predicted molar refractivity (Wildman–Crippen MR) is 76.5 cm³/mol. The van der Waals surface area contributed by atoms with Gasteiger partial charge in [-0.2, -0.15) is 0 Å². The Kier molecular flexibility index (Phi) is 3.81. The van der Waals surface area contributed by atoms with Gasteiger partial charge in [-0.1, -0.05) is 0 Å². The molecule has 2 unspecified atom stereocenters. The number of aliphatic hydroxyl groups is 1. The summed E-state index contributed by atoms with van der Waals surface area (Å²) in [5.41, 5.74) is 1.04. The topological polar surface area (TPSA) is 103 Å². The lowest BCUT2D eigenvalue weighted by Gasteiger charge is -2.20. The molecule has 7 nitrogen and oxygen atoms in total. The molecule has 0 saturated carbocycles. The first-order valence-electron chi connectivity index (χ1n) is 7.01. The number of carbonyl (C=O) groups excluding carboxylic acids is 1. The van der Waals surface area contributed by atoms with Crippen LogP contribution in [0.1, 0.15) is 29.8 Å². The Morgan fingerprint density at radius 3 is 2.81 bits per heavy atom. The second-order valence-corrected chi connectivity index (χ2v) is 6.51. The zero-order valence-corrected chi connectivity index (χ0v) is 12.2. The number of aromatic nitrogens is 1. The monoisotopic (exact) mass is 311 g/mol. The largest absolute Gasteiger partial charge is 0.480 e. The summed E-state index contributed by atoms with van der Waals surface area (Å²) in [7, 11) is 0. The number of urea groups is 1. The third-order valence-corrected chi connectivity index (χ3v) is 4.96. The van der Waals surface area contributed by atoms with Crippen LogP contribution < -0.4 is 5.32 Å². The van der Waals surface area contributed by atoms with Gasteiger partial charge in [0, 0.05) is 17.8 Å². The fourth-order valence-electron chi connectivity index (χ4n) is 2.84. The van der Waals surface area contributed by atoms with Crippen LogP contribution in [0.25, 0.3) is 0 Å². The van der Waals surface area contributed by atoms with Crippen molar-refractivity contribution in [1.82, 2.24) is 9.88 Å². The number of aliphatic hydroxyl groups excluding tert-OH is 1. The summed E-state index contributed by atoms with van der Waals surface area (Å²) in [6.45, 7) is 0.0356. The molecule has 0 radical (unpaired) electrons. The van der Waals surface area contributed by atoms with Crippen molar-refractivity contribution in [3.63, 3.8) is 0 Å². The number of anilines is 1. The zero-order valence-electron chi connectivity index (χ0n) is 11.4. The molecule has 0 bridgehead atoms. The first-order chi connectivity index (χ1) is 10.0. The number of amides is 2. The maximum atomic E-state index is 12.2. The fraction of sp³-hybridized carbons (Fsp3) is 0.615. The zero-order chi connectivity index (χ0) is 15.0. The third-order valence-electron chi connectivity index (χ3n) is 3.88. The van der Waals surface area contributed by atoms with Crippen LogP contribution >= 0.6 is 11.3 Å². The van der Waals surface area contributed by atoms with Gasteiger partial charge in [0.25, 0.3) is 0 Å². The number of β-amino-alcohol motifs (C(OH)–C–C–N with tert-alkyl or cyclic N) is 1. The smallest absolute Gasteiger partial charge is 0.326 e. The Labute approximate surface area is 125 Å². The molecule has 0 aromatic carbocycles. The van der Waals surface area contributed by atoms with Crippen LogP contribution in [0.15, 0.2) is 0 Å². The van der Waals surface area contributed by atoms with E-state index in [9.17, 15) is 14.7 Å². The number of fused-ring (bicyclic) bond motifs is 1. The molecule has 1 fully saturated rings. The molecule has 1 aliphatic carbocycles. The number of aryl methyl sites for hydroxylation is 2. The lowest BCUT2D eigenvalue weighted by molar-refractivity contribution is -0.141. The molecule has 0 spiro atoms. The molecule has 8 heteroatoms. The van der Waals surface area contributed by atoms with Gasteiger partial charge in [-0.25, -0.2) is 14.6 Å². The average Bonchev–Trinajstić information content (AvgIpc) is 3.01. The SMILES string of the molecule is O=C(O)C1CC(O)CN1C(=O)Nc1nc2c(s1)CCCC2. The molecular weight excluding hydrogens is 294 g/mol. The quantitative estimate of drug-likeness (QED) is 0.758. The van der Waals surface area contributed by atoms with Crippen LogP contribution in [0.3, 0.4) is 0 Å². The number of aliphatic carboxylic acids is 1. The second-order valence-electron chi connectivity index (χ2n) is 5.42. The van der Waals surface area contributed by atoms with E-state index in [0.29, 0.717) is 5.13 Å². The van der Waals surface area contributed by atoms with Crippen LogP contribution in [-0.2, 0) is 17.6 Å². The number of hydrogen-bond donors (Lipinski definition) is 3. The summed E-state index contributed by atoms with van der Waals surface area (Å²) < 4.78 is 0. The van der Waals surface area contributed by atoms with Crippen molar-refractivity contribution < 1.29 is 19.8 Å². The van der Waals surface area contributed by atoms with E-state index in [2.05, 4.69) is 10.3 Å². The van der Waals surface area contributed by atoms with Crippen LogP contribution in [-0.4, -0.2) is 50.8 Å². The molecule has 3 N–H and O–H groups in total. The van der Waals surface area contributed by atoms with Gasteiger partial charge in [0.05, 0.1) is 11.8 Å². The number of nitrogens with one attached hydrogen (secondary N) is 1. The van der Waals surface area contributed by atoms with E-state index < -0.39 is 24.1 Å². The number of likely N-dealkylation sites (tertiary alicyclic amines) is 1. The maximum Gasteiger partial charge on any atom is 0.326 e. The molecule has 3 rings (SSSR count). The molecule has 114 valence electrons. The van der Waals surface area contributed by atoms with Crippen molar-refractivity contribution in [3.8, 4) is 0 Å². The van der Waals surface area contributed by atoms with Crippen LogP contribution in [0.4, 0.5) is 9.93 Å². The number of carboxylic acids is 1. The standard InChI is InChI=1S/C13H17N3O4S/c17-7-5-9(11(18)19)16(6-7)13(20)15-12-14-8-3-1-2-4-10(8)21-12/h7,9,17H,1-6H2,(H,18,19)(H,14,15,20). The van der Waals surface area contributed by atoms with Gasteiger partial charge in [-0.3, -0.25) is 5.32 Å². The Bertz CT molecular complexity index is 550. The van der Waals surface area contributed by atoms with E-state index in [-0.39, 0.29) is 13.0 Å². The Morgan fingerprint density at radius 2 is 2.10 bits per heavy atom. The normalized spacial score (nSPS) is 24.7. The number of carbonyl (C=O) groups is 2. The summed E-state index contributed by atoms with van der Waals surface area (Å²) >= 11 is 1.45. The van der Waals surface area contributed by atoms with Crippen molar-refractivity contribution in [2.24, 2.45) is 0 Å². The molecule has 2 heterocycles. The summed E-state index contributed by atoms with van der Waals surface area (Å²) in [4.78, 5) is 30.1. The summed E-state index contributed by atoms with van der Waals surface area (Å²) in [6, 6.07) is -1.49. The summed E-state index contributed by atoms with van der Waals surface area (Å²) in [5.74, 6) is -1.10. The average molecular weight is 311 g/mol. The molecule has 2 amide bonds. The van der Waals surface area contributed by atoms with Crippen LogP contribution in [0.2, 0.25) is 0 Å². The molecule has 1 aromatic heterocycles. The number of carboxylic acid groups (broad SMARTS) is 1. The van der Waals surface area contributed by atoms with E-state index in [0.717, 1.165) is 36.3 Å². The molecule has 1 aliphatic heterocycles. The number of rotatable bonds is 2. The first kappa shape index (κ1) is 14.3. The molecule has 1 aromatic rings. The number of thiazole rings is 1. The summed E-state index contributed by atoms with van der Waals surface area (Å²) in [6.07, 6.45) is 3.45. The predicted octanol–water partition coefficient (Wildman–Crippen LogP) is 1.07. The Hall–Kier alpha value is -1.67. The van der Waals surface area contributed by atoms with Crippen LogP contribution in [0, 0.1) is 0 Å². The van der Waals surface area contributed by atoms with Crippen LogP contribution in [0.5, 0.6) is 0 Å². The van der Waals surface area contributed by atoms with Gasteiger partial charge in [-0.05, 0) is 25.7 Å². The Balaban J connectivity index is 1.71. The lowest BCUT2D eigenvalue weighted by atomic mass is 10.0. The highest BCUT2D eigenvalue weighted by molar-refractivity contribution is 7.15. The van der Waals surface area contributed by atoms with E-state index in [1.165, 1.54) is 16.2 Å². The second kappa shape index (κ2) is 5.61. The minimum absolute atomic E-state index is 0.0356. The van der Waals surface area contributed by atoms with Gasteiger partial charge in [0.15, 0.2) is 5.13 Å². The minimum Gasteiger partial charge on any atom is -0.480 e. The first-order valence-corrected chi connectivity index (χ1v) is 7.83. The van der Waals surface area contributed by atoms with Crippen molar-refractivity contribution in [1.29, 1.82) is 0 Å². The van der Waals surface area contributed by atoms with E-state index in [1.807, 2.05) is 0 Å². The van der Waals surface area contributed by atoms with E-state index >= 15 is 0 Å². The van der Waals surface area contributed by atoms with Crippen molar-refractivity contribution in [3.05, 3.63) is 10.6 Å². The number of hydrogen-bond acceptors (Lipinski definition) is 5. The molecule has 21 heavy (non-hydrogen) atoms. The maximum absolute atomic E-state index is 12.2. The number of nitrogens with zero attached hydrogens (tertiary/aromatic N) is 2. The molecular formula is C13H17N3O4S.